The summed E-state index contributed by atoms with van der Waals surface area (Å²) in [5.74, 6) is 0.423. The van der Waals surface area contributed by atoms with Gasteiger partial charge in [0.25, 0.3) is 11.4 Å². The Labute approximate surface area is 132 Å². The molecule has 1 saturated carbocycles. The van der Waals surface area contributed by atoms with E-state index in [4.69, 9.17) is 0 Å². The van der Waals surface area contributed by atoms with Gasteiger partial charge in [-0.05, 0) is 30.4 Å². The number of nitro groups is 2. The van der Waals surface area contributed by atoms with Crippen molar-refractivity contribution in [1.29, 1.82) is 0 Å². The molecule has 1 unspecified atom stereocenters. The fraction of sp³-hybridized carbons (Fsp3) is 0.250. The Morgan fingerprint density at radius 1 is 1.00 bits per heavy atom. The molecule has 3 rings (SSSR count). The maximum atomic E-state index is 11.2. The van der Waals surface area contributed by atoms with Crippen molar-refractivity contribution in [2.24, 2.45) is 5.92 Å². The highest BCUT2D eigenvalue weighted by atomic mass is 16.6. The standard InChI is InChI=1S/C16H15N3O4/c20-18(21)13-8-9-14(15(10-13)19(22)23)17-16(12-6-7-12)11-4-2-1-3-5-11/h1-5,8-10,12,16-17H,6-7H2. The zero-order valence-corrected chi connectivity index (χ0v) is 12.2. The van der Waals surface area contributed by atoms with E-state index in [1.54, 1.807) is 0 Å². The summed E-state index contributed by atoms with van der Waals surface area (Å²) in [5, 5.41) is 25.3. The summed E-state index contributed by atoms with van der Waals surface area (Å²) in [7, 11) is 0. The van der Waals surface area contributed by atoms with Gasteiger partial charge in [0.1, 0.15) is 5.69 Å². The number of nitrogens with zero attached hydrogens (tertiary/aromatic N) is 2. The molecule has 118 valence electrons. The predicted octanol–water partition coefficient (Wildman–Crippen LogP) is 4.07. The average Bonchev–Trinajstić information content (AvgIpc) is 3.38. The summed E-state index contributed by atoms with van der Waals surface area (Å²) >= 11 is 0. The largest absolute Gasteiger partial charge is 0.372 e. The summed E-state index contributed by atoms with van der Waals surface area (Å²) < 4.78 is 0. The highest BCUT2D eigenvalue weighted by Crippen LogP contribution is 2.44. The molecule has 0 spiro atoms. The maximum absolute atomic E-state index is 11.2. The van der Waals surface area contributed by atoms with Gasteiger partial charge < -0.3 is 5.32 Å². The molecule has 0 radical (unpaired) electrons. The third-order valence-corrected chi connectivity index (χ3v) is 3.95. The quantitative estimate of drug-likeness (QED) is 0.640. The summed E-state index contributed by atoms with van der Waals surface area (Å²) in [6.45, 7) is 0. The number of hydrogen-bond donors (Lipinski definition) is 1. The number of hydrogen-bond acceptors (Lipinski definition) is 5. The predicted molar refractivity (Wildman–Crippen MR) is 85.3 cm³/mol. The van der Waals surface area contributed by atoms with Crippen LogP contribution in [0.25, 0.3) is 0 Å². The summed E-state index contributed by atoms with van der Waals surface area (Å²) in [4.78, 5) is 20.8. The van der Waals surface area contributed by atoms with Gasteiger partial charge in [0.2, 0.25) is 0 Å². The van der Waals surface area contributed by atoms with Gasteiger partial charge >= 0.3 is 0 Å². The van der Waals surface area contributed by atoms with Gasteiger partial charge in [0.05, 0.1) is 22.0 Å². The van der Waals surface area contributed by atoms with Gasteiger partial charge in [-0.2, -0.15) is 0 Å². The fourth-order valence-corrected chi connectivity index (χ4v) is 2.64. The minimum Gasteiger partial charge on any atom is -0.372 e. The molecule has 1 aliphatic carbocycles. The lowest BCUT2D eigenvalue weighted by Gasteiger charge is -2.20. The Morgan fingerprint density at radius 2 is 1.70 bits per heavy atom. The Morgan fingerprint density at radius 3 is 2.26 bits per heavy atom. The lowest BCUT2D eigenvalue weighted by Crippen LogP contribution is -2.14. The van der Waals surface area contributed by atoms with Crippen molar-refractivity contribution in [2.75, 3.05) is 5.32 Å². The van der Waals surface area contributed by atoms with Crippen LogP contribution in [0.3, 0.4) is 0 Å². The van der Waals surface area contributed by atoms with Gasteiger partial charge in [0, 0.05) is 6.07 Å². The van der Waals surface area contributed by atoms with Crippen LogP contribution in [-0.2, 0) is 0 Å². The van der Waals surface area contributed by atoms with Crippen molar-refractivity contribution in [3.8, 4) is 0 Å². The molecule has 0 amide bonds. The van der Waals surface area contributed by atoms with Crippen LogP contribution in [0.5, 0.6) is 0 Å². The lowest BCUT2D eigenvalue weighted by molar-refractivity contribution is -0.393. The second-order valence-electron chi connectivity index (χ2n) is 5.59. The number of rotatable bonds is 6. The van der Waals surface area contributed by atoms with E-state index in [0.717, 1.165) is 24.5 Å². The van der Waals surface area contributed by atoms with Crippen LogP contribution in [0.2, 0.25) is 0 Å². The number of nitrogens with one attached hydrogen (secondary N) is 1. The molecule has 1 N–H and O–H groups in total. The van der Waals surface area contributed by atoms with Crippen molar-refractivity contribution >= 4 is 17.1 Å². The van der Waals surface area contributed by atoms with Crippen LogP contribution in [0.15, 0.2) is 48.5 Å². The van der Waals surface area contributed by atoms with E-state index in [-0.39, 0.29) is 17.4 Å². The van der Waals surface area contributed by atoms with E-state index in [1.165, 1.54) is 12.1 Å². The van der Waals surface area contributed by atoms with Gasteiger partial charge in [-0.1, -0.05) is 30.3 Å². The monoisotopic (exact) mass is 313 g/mol. The lowest BCUT2D eigenvalue weighted by atomic mass is 10.0. The number of anilines is 1. The SMILES string of the molecule is O=[N+]([O-])c1ccc(NC(c2ccccc2)C2CC2)c([N+](=O)[O-])c1. The Kier molecular flexibility index (Phi) is 3.92. The minimum absolute atomic E-state index is 0.0312. The molecule has 0 saturated heterocycles. The zero-order chi connectivity index (χ0) is 16.4. The van der Waals surface area contributed by atoms with Gasteiger partial charge in [0.15, 0.2) is 0 Å². The highest BCUT2D eigenvalue weighted by molar-refractivity contribution is 5.66. The van der Waals surface area contributed by atoms with Crippen molar-refractivity contribution in [3.63, 3.8) is 0 Å². The molecule has 0 heterocycles. The first-order valence-electron chi connectivity index (χ1n) is 7.30. The van der Waals surface area contributed by atoms with Crippen LogP contribution in [0.4, 0.5) is 17.1 Å². The minimum atomic E-state index is -0.633. The molecule has 1 fully saturated rings. The van der Waals surface area contributed by atoms with Crippen molar-refractivity contribution < 1.29 is 9.85 Å². The van der Waals surface area contributed by atoms with E-state index in [2.05, 4.69) is 5.32 Å². The fourth-order valence-electron chi connectivity index (χ4n) is 2.64. The third-order valence-electron chi connectivity index (χ3n) is 3.95. The normalized spacial score (nSPS) is 15.0. The molecule has 1 aliphatic rings. The zero-order valence-electron chi connectivity index (χ0n) is 12.2. The number of nitro benzene ring substituents is 2. The van der Waals surface area contributed by atoms with Crippen LogP contribution >= 0.6 is 0 Å². The van der Waals surface area contributed by atoms with E-state index >= 15 is 0 Å². The molecule has 0 aromatic heterocycles. The molecule has 1 atom stereocenters. The first kappa shape index (κ1) is 15.0. The molecule has 0 bridgehead atoms. The van der Waals surface area contributed by atoms with Crippen molar-refractivity contribution in [3.05, 3.63) is 74.3 Å². The molecular weight excluding hydrogens is 298 g/mol. The highest BCUT2D eigenvalue weighted by Gasteiger charge is 2.33. The van der Waals surface area contributed by atoms with Crippen LogP contribution in [0.1, 0.15) is 24.4 Å². The smallest absolute Gasteiger partial charge is 0.299 e. The van der Waals surface area contributed by atoms with Crippen LogP contribution in [0, 0.1) is 26.1 Å². The Balaban J connectivity index is 1.94. The average molecular weight is 313 g/mol. The van der Waals surface area contributed by atoms with E-state index in [1.807, 2.05) is 30.3 Å². The van der Waals surface area contributed by atoms with Gasteiger partial charge in [-0.15, -0.1) is 0 Å². The molecular formula is C16H15N3O4. The number of benzene rings is 2. The maximum Gasteiger partial charge on any atom is 0.299 e. The molecule has 2 aromatic rings. The Bertz CT molecular complexity index is 744. The van der Waals surface area contributed by atoms with Gasteiger partial charge in [-0.3, -0.25) is 20.2 Å². The topological polar surface area (TPSA) is 98.3 Å². The third kappa shape index (κ3) is 3.28. The van der Waals surface area contributed by atoms with Crippen molar-refractivity contribution in [2.45, 2.75) is 18.9 Å². The summed E-state index contributed by atoms with van der Waals surface area (Å²) in [6, 6.07) is 13.4. The van der Waals surface area contributed by atoms with Gasteiger partial charge in [-0.25, -0.2) is 0 Å². The second-order valence-corrected chi connectivity index (χ2v) is 5.59. The Hall–Kier alpha value is -2.96. The second kappa shape index (κ2) is 6.04. The molecule has 23 heavy (non-hydrogen) atoms. The first-order chi connectivity index (χ1) is 11.1. The van der Waals surface area contributed by atoms with E-state index < -0.39 is 9.85 Å². The molecule has 7 nitrogen and oxygen atoms in total. The first-order valence-corrected chi connectivity index (χ1v) is 7.30. The molecule has 0 aliphatic heterocycles. The molecule has 7 heteroatoms. The summed E-state index contributed by atoms with van der Waals surface area (Å²) in [6.07, 6.45) is 2.13. The molecule has 2 aromatic carbocycles. The number of non-ortho nitro benzene ring substituents is 1. The van der Waals surface area contributed by atoms with E-state index in [0.29, 0.717) is 11.6 Å². The van der Waals surface area contributed by atoms with E-state index in [9.17, 15) is 20.2 Å². The van der Waals surface area contributed by atoms with Crippen LogP contribution in [-0.4, -0.2) is 9.85 Å². The summed E-state index contributed by atoms with van der Waals surface area (Å²) in [5.41, 5.74) is 0.801. The van der Waals surface area contributed by atoms with Crippen molar-refractivity contribution in [1.82, 2.24) is 0 Å². The van der Waals surface area contributed by atoms with Crippen LogP contribution < -0.4 is 5.32 Å².